The minimum Gasteiger partial charge on any atom is -0.383 e. The lowest BCUT2D eigenvalue weighted by Crippen LogP contribution is -2.33. The molecule has 0 fully saturated rings. The van der Waals surface area contributed by atoms with Gasteiger partial charge < -0.3 is 10.6 Å². The van der Waals surface area contributed by atoms with Crippen LogP contribution in [-0.4, -0.2) is 28.8 Å². The lowest BCUT2D eigenvalue weighted by atomic mass is 10.2. The zero-order chi connectivity index (χ0) is 14.3. The van der Waals surface area contributed by atoms with E-state index < -0.39 is 5.91 Å². The van der Waals surface area contributed by atoms with Gasteiger partial charge in [0.1, 0.15) is 13.1 Å². The first-order chi connectivity index (χ1) is 9.02. The average Bonchev–Trinajstić information content (AvgIpc) is 2.36. The fraction of sp³-hybridized carbons (Fsp3) is 0.500. The molecule has 0 atom stereocenters. The van der Waals surface area contributed by atoms with Crippen LogP contribution in [0.15, 0.2) is 17.1 Å². The lowest BCUT2D eigenvalue weighted by Gasteiger charge is -2.09. The zero-order valence-corrected chi connectivity index (χ0v) is 11.0. The highest BCUT2D eigenvalue weighted by Gasteiger charge is 2.05. The first-order valence-corrected chi connectivity index (χ1v) is 5.97. The Balaban J connectivity index is 2.65. The molecule has 0 aromatic carbocycles. The van der Waals surface area contributed by atoms with Crippen LogP contribution < -0.4 is 16.2 Å². The Bertz CT molecular complexity index is 530. The van der Waals surface area contributed by atoms with Crippen molar-refractivity contribution < 1.29 is 4.79 Å². The van der Waals surface area contributed by atoms with Gasteiger partial charge in [-0.15, -0.1) is 0 Å². The molecule has 2 N–H and O–H groups in total. The molecule has 0 saturated heterocycles. The molecule has 0 spiro atoms. The minimum absolute atomic E-state index is 0.0817. The molecule has 102 valence electrons. The standard InChI is InChI=1S/C12H17N5O2/c1-9(2)6-15-10-5-12(19)17(16-7-10)8-11(18)14-4-3-13/h5,7,9,15H,4,6,8H2,1-2H3,(H,14,18). The molecular weight excluding hydrogens is 246 g/mol. The minimum atomic E-state index is -0.418. The number of hydrogen-bond acceptors (Lipinski definition) is 5. The molecular formula is C12H17N5O2. The smallest absolute Gasteiger partial charge is 0.269 e. The highest BCUT2D eigenvalue weighted by atomic mass is 16.2. The molecule has 1 aromatic heterocycles. The zero-order valence-electron chi connectivity index (χ0n) is 11.0. The van der Waals surface area contributed by atoms with Gasteiger partial charge in [0, 0.05) is 12.6 Å². The van der Waals surface area contributed by atoms with E-state index in [-0.39, 0.29) is 18.6 Å². The van der Waals surface area contributed by atoms with Gasteiger partial charge in [0.15, 0.2) is 0 Å². The first-order valence-electron chi connectivity index (χ1n) is 5.97. The maximum Gasteiger partial charge on any atom is 0.269 e. The fourth-order valence-corrected chi connectivity index (χ4v) is 1.30. The Morgan fingerprint density at radius 3 is 2.89 bits per heavy atom. The molecule has 1 rings (SSSR count). The molecule has 1 amide bonds. The lowest BCUT2D eigenvalue weighted by molar-refractivity contribution is -0.121. The molecule has 0 aliphatic heterocycles. The van der Waals surface area contributed by atoms with Gasteiger partial charge in [-0.3, -0.25) is 9.59 Å². The van der Waals surface area contributed by atoms with E-state index in [1.165, 1.54) is 12.3 Å². The summed E-state index contributed by atoms with van der Waals surface area (Å²) in [6.45, 7) is 4.59. The van der Waals surface area contributed by atoms with Gasteiger partial charge in [-0.25, -0.2) is 4.68 Å². The maximum absolute atomic E-state index is 11.7. The molecule has 0 bridgehead atoms. The summed E-state index contributed by atoms with van der Waals surface area (Å²) in [4.78, 5) is 23.1. The van der Waals surface area contributed by atoms with Crippen molar-refractivity contribution in [2.45, 2.75) is 20.4 Å². The molecule has 7 heteroatoms. The number of nitrogens with zero attached hydrogens (tertiary/aromatic N) is 3. The molecule has 19 heavy (non-hydrogen) atoms. The van der Waals surface area contributed by atoms with Gasteiger partial charge in [-0.1, -0.05) is 13.8 Å². The van der Waals surface area contributed by atoms with Crippen LogP contribution >= 0.6 is 0 Å². The molecule has 0 unspecified atom stereocenters. The second-order valence-corrected chi connectivity index (χ2v) is 4.45. The van der Waals surface area contributed by atoms with E-state index in [0.29, 0.717) is 11.6 Å². The van der Waals surface area contributed by atoms with Gasteiger partial charge in [-0.2, -0.15) is 10.4 Å². The van der Waals surface area contributed by atoms with E-state index in [0.717, 1.165) is 11.2 Å². The Morgan fingerprint density at radius 1 is 1.58 bits per heavy atom. The molecule has 0 aliphatic rings. The molecule has 0 radical (unpaired) electrons. The monoisotopic (exact) mass is 263 g/mol. The second kappa shape index (κ2) is 7.16. The summed E-state index contributed by atoms with van der Waals surface area (Å²) in [5.41, 5.74) is 0.272. The van der Waals surface area contributed by atoms with E-state index in [1.54, 1.807) is 6.07 Å². The molecule has 0 saturated carbocycles. The third-order valence-corrected chi connectivity index (χ3v) is 2.24. The molecule has 7 nitrogen and oxygen atoms in total. The topological polar surface area (TPSA) is 99.8 Å². The first kappa shape index (κ1) is 14.7. The quantitative estimate of drug-likeness (QED) is 0.701. The Morgan fingerprint density at radius 2 is 2.32 bits per heavy atom. The van der Waals surface area contributed by atoms with Crippen molar-refractivity contribution in [1.82, 2.24) is 15.1 Å². The summed E-state index contributed by atoms with van der Waals surface area (Å²) in [5, 5.41) is 17.6. The Kier molecular flexibility index (Phi) is 5.54. The van der Waals surface area contributed by atoms with Crippen molar-refractivity contribution in [2.75, 3.05) is 18.4 Å². The number of anilines is 1. The van der Waals surface area contributed by atoms with Crippen LogP contribution in [0.4, 0.5) is 5.69 Å². The van der Waals surface area contributed by atoms with Crippen molar-refractivity contribution >= 4 is 11.6 Å². The summed E-state index contributed by atoms with van der Waals surface area (Å²) >= 11 is 0. The largest absolute Gasteiger partial charge is 0.383 e. The SMILES string of the molecule is CC(C)CNc1cnn(CC(=O)NCC#N)c(=O)c1. The fourth-order valence-electron chi connectivity index (χ4n) is 1.30. The van der Waals surface area contributed by atoms with Crippen LogP contribution in [0.25, 0.3) is 0 Å². The van der Waals surface area contributed by atoms with E-state index in [4.69, 9.17) is 5.26 Å². The van der Waals surface area contributed by atoms with E-state index >= 15 is 0 Å². The number of hydrogen-bond donors (Lipinski definition) is 2. The number of nitrogens with one attached hydrogen (secondary N) is 2. The Labute approximate surface area is 111 Å². The summed E-state index contributed by atoms with van der Waals surface area (Å²) in [6, 6.07) is 3.18. The van der Waals surface area contributed by atoms with Crippen LogP contribution in [0.1, 0.15) is 13.8 Å². The van der Waals surface area contributed by atoms with Gasteiger partial charge >= 0.3 is 0 Å². The highest BCUT2D eigenvalue weighted by Crippen LogP contribution is 2.01. The van der Waals surface area contributed by atoms with Gasteiger partial charge in [-0.05, 0) is 5.92 Å². The third-order valence-electron chi connectivity index (χ3n) is 2.24. The summed E-state index contributed by atoms with van der Waals surface area (Å²) in [5.74, 6) is 0.0400. The highest BCUT2D eigenvalue weighted by molar-refractivity contribution is 5.75. The number of amides is 1. The van der Waals surface area contributed by atoms with Crippen molar-refractivity contribution in [1.29, 1.82) is 5.26 Å². The molecule has 0 aliphatic carbocycles. The van der Waals surface area contributed by atoms with Crippen LogP contribution in [-0.2, 0) is 11.3 Å². The van der Waals surface area contributed by atoms with E-state index in [1.807, 2.05) is 0 Å². The van der Waals surface area contributed by atoms with Crippen molar-refractivity contribution in [2.24, 2.45) is 5.92 Å². The second-order valence-electron chi connectivity index (χ2n) is 4.45. The van der Waals surface area contributed by atoms with Gasteiger partial charge in [0.05, 0.1) is 18.0 Å². The number of nitriles is 1. The Hall–Kier alpha value is -2.36. The molecule has 1 aromatic rings. The number of carbonyl (C=O) groups excluding carboxylic acids is 1. The van der Waals surface area contributed by atoms with Crippen LogP contribution in [0, 0.1) is 17.2 Å². The van der Waals surface area contributed by atoms with Crippen LogP contribution in [0.2, 0.25) is 0 Å². The third kappa shape index (κ3) is 5.21. The number of carbonyl (C=O) groups is 1. The van der Waals surface area contributed by atoms with Crippen LogP contribution in [0.5, 0.6) is 0 Å². The molecule has 1 heterocycles. The summed E-state index contributed by atoms with van der Waals surface area (Å²) in [6.07, 6.45) is 1.50. The van der Waals surface area contributed by atoms with E-state index in [2.05, 4.69) is 29.6 Å². The average molecular weight is 263 g/mol. The van der Waals surface area contributed by atoms with Gasteiger partial charge in [0.25, 0.3) is 5.56 Å². The normalized spacial score (nSPS) is 10.0. The van der Waals surface area contributed by atoms with Gasteiger partial charge in [0.2, 0.25) is 5.91 Å². The van der Waals surface area contributed by atoms with Crippen LogP contribution in [0.3, 0.4) is 0 Å². The maximum atomic E-state index is 11.7. The van der Waals surface area contributed by atoms with Crippen molar-refractivity contribution in [3.8, 4) is 6.07 Å². The van der Waals surface area contributed by atoms with Crippen molar-refractivity contribution in [3.05, 3.63) is 22.6 Å². The number of aromatic nitrogens is 2. The van der Waals surface area contributed by atoms with Crippen molar-refractivity contribution in [3.63, 3.8) is 0 Å². The van der Waals surface area contributed by atoms with E-state index in [9.17, 15) is 9.59 Å². The predicted molar refractivity (Wildman–Crippen MR) is 70.4 cm³/mol. The predicted octanol–water partition coefficient (Wildman–Crippen LogP) is -0.0490. The number of rotatable bonds is 6. The summed E-state index contributed by atoms with van der Waals surface area (Å²) < 4.78 is 1.05. The summed E-state index contributed by atoms with van der Waals surface area (Å²) in [7, 11) is 0.